The van der Waals surface area contributed by atoms with Gasteiger partial charge in [-0.1, -0.05) is 18.5 Å². The Labute approximate surface area is 98.4 Å². The van der Waals surface area contributed by atoms with E-state index in [1.807, 2.05) is 13.0 Å². The van der Waals surface area contributed by atoms with Crippen molar-refractivity contribution in [1.29, 1.82) is 0 Å². The highest BCUT2D eigenvalue weighted by Crippen LogP contribution is 2.25. The number of fused-ring (bicyclic) bond motifs is 1. The van der Waals surface area contributed by atoms with E-state index in [4.69, 9.17) is 16.3 Å². The first-order valence-electron chi connectivity index (χ1n) is 5.16. The summed E-state index contributed by atoms with van der Waals surface area (Å²) in [5.41, 5.74) is 1.32. The molecule has 3 nitrogen and oxygen atoms in total. The molecule has 84 valence electrons. The Kier molecular flexibility index (Phi) is 3.15. The Morgan fingerprint density at radius 1 is 1.44 bits per heavy atom. The number of nitrogens with one attached hydrogen (secondary N) is 1. The lowest BCUT2D eigenvalue weighted by atomic mass is 10.1. The maximum absolute atomic E-state index is 11.7. The lowest BCUT2D eigenvalue weighted by Crippen LogP contribution is -2.06. The topological polar surface area (TPSA) is 42.1 Å². The highest BCUT2D eigenvalue weighted by atomic mass is 35.5. The van der Waals surface area contributed by atoms with E-state index in [2.05, 4.69) is 4.98 Å². The summed E-state index contributed by atoms with van der Waals surface area (Å²) in [5, 5.41) is 1.40. The van der Waals surface area contributed by atoms with Crippen molar-refractivity contribution in [2.75, 3.05) is 6.61 Å². The van der Waals surface area contributed by atoms with Crippen LogP contribution in [0.4, 0.5) is 0 Å². The third-order valence-electron chi connectivity index (χ3n) is 2.33. The van der Waals surface area contributed by atoms with Gasteiger partial charge in [0.15, 0.2) is 0 Å². The van der Waals surface area contributed by atoms with Crippen molar-refractivity contribution in [2.24, 2.45) is 0 Å². The van der Waals surface area contributed by atoms with E-state index >= 15 is 0 Å². The highest BCUT2D eigenvalue weighted by Gasteiger charge is 2.13. The van der Waals surface area contributed by atoms with Gasteiger partial charge in [0.2, 0.25) is 0 Å². The van der Waals surface area contributed by atoms with Crippen molar-refractivity contribution in [3.8, 4) is 0 Å². The molecule has 1 heterocycles. The minimum Gasteiger partial charge on any atom is -0.462 e. The minimum absolute atomic E-state index is 0.303. The van der Waals surface area contributed by atoms with Crippen molar-refractivity contribution in [2.45, 2.75) is 13.3 Å². The molecule has 0 aliphatic carbocycles. The average Bonchev–Trinajstić information content (AvgIpc) is 2.76. The van der Waals surface area contributed by atoms with E-state index in [0.29, 0.717) is 17.2 Å². The number of aromatic amines is 1. The smallest absolute Gasteiger partial charge is 0.338 e. The summed E-state index contributed by atoms with van der Waals surface area (Å²) >= 11 is 6.00. The monoisotopic (exact) mass is 237 g/mol. The van der Waals surface area contributed by atoms with E-state index in [0.717, 1.165) is 17.3 Å². The molecule has 0 amide bonds. The van der Waals surface area contributed by atoms with Crippen molar-refractivity contribution in [1.82, 2.24) is 4.98 Å². The van der Waals surface area contributed by atoms with Gasteiger partial charge in [-0.15, -0.1) is 0 Å². The molecule has 4 heteroatoms. The molecule has 2 rings (SSSR count). The Hall–Kier alpha value is -1.48. The molecule has 0 bridgehead atoms. The molecule has 0 fully saturated rings. The van der Waals surface area contributed by atoms with E-state index in [1.54, 1.807) is 18.3 Å². The summed E-state index contributed by atoms with van der Waals surface area (Å²) in [5.74, 6) is -0.303. The number of rotatable bonds is 3. The van der Waals surface area contributed by atoms with Crippen LogP contribution in [0.3, 0.4) is 0 Å². The molecule has 1 aromatic carbocycles. The summed E-state index contributed by atoms with van der Waals surface area (Å²) in [7, 11) is 0. The van der Waals surface area contributed by atoms with Gasteiger partial charge in [-0.05, 0) is 24.6 Å². The van der Waals surface area contributed by atoms with E-state index in [-0.39, 0.29) is 5.97 Å². The summed E-state index contributed by atoms with van der Waals surface area (Å²) in [4.78, 5) is 14.7. The highest BCUT2D eigenvalue weighted by molar-refractivity contribution is 6.35. The zero-order valence-corrected chi connectivity index (χ0v) is 9.67. The second kappa shape index (κ2) is 4.58. The quantitative estimate of drug-likeness (QED) is 0.832. The maximum Gasteiger partial charge on any atom is 0.338 e. The Balaban J connectivity index is 2.41. The average molecular weight is 238 g/mol. The van der Waals surface area contributed by atoms with Crippen molar-refractivity contribution < 1.29 is 9.53 Å². The number of aromatic nitrogens is 1. The number of ether oxygens (including phenoxy) is 1. The molecule has 0 atom stereocenters. The van der Waals surface area contributed by atoms with Gasteiger partial charge in [-0.25, -0.2) is 4.79 Å². The molecular weight excluding hydrogens is 226 g/mol. The zero-order valence-electron chi connectivity index (χ0n) is 8.92. The molecule has 2 aromatic rings. The van der Waals surface area contributed by atoms with Crippen molar-refractivity contribution in [3.05, 3.63) is 35.0 Å². The molecule has 0 aliphatic heterocycles. The van der Waals surface area contributed by atoms with Gasteiger partial charge in [-0.3, -0.25) is 0 Å². The molecule has 0 saturated carbocycles. The Bertz CT molecular complexity index is 519. The maximum atomic E-state index is 11.7. The van der Waals surface area contributed by atoms with Crippen LogP contribution in [-0.4, -0.2) is 17.6 Å². The first-order valence-corrected chi connectivity index (χ1v) is 5.54. The second-order valence-corrected chi connectivity index (χ2v) is 3.90. The van der Waals surface area contributed by atoms with Gasteiger partial charge < -0.3 is 9.72 Å². The third-order valence-corrected chi connectivity index (χ3v) is 2.64. The summed E-state index contributed by atoms with van der Waals surface area (Å²) in [6.07, 6.45) is 2.57. The van der Waals surface area contributed by atoms with E-state index in [9.17, 15) is 4.79 Å². The molecule has 1 N–H and O–H groups in total. The van der Waals surface area contributed by atoms with Crippen LogP contribution >= 0.6 is 11.6 Å². The second-order valence-electron chi connectivity index (χ2n) is 3.50. The van der Waals surface area contributed by atoms with Crippen LogP contribution in [0.15, 0.2) is 24.4 Å². The van der Waals surface area contributed by atoms with Gasteiger partial charge in [0.1, 0.15) is 0 Å². The molecule has 0 unspecified atom stereocenters. The fourth-order valence-corrected chi connectivity index (χ4v) is 1.79. The number of hydrogen-bond donors (Lipinski definition) is 1. The molecule has 0 saturated heterocycles. The molecule has 1 aromatic heterocycles. The van der Waals surface area contributed by atoms with Crippen LogP contribution in [0.25, 0.3) is 10.9 Å². The number of carbonyl (C=O) groups excluding carboxylic acids is 1. The predicted octanol–water partition coefficient (Wildman–Crippen LogP) is 3.39. The first kappa shape index (κ1) is 11.0. The number of esters is 1. The zero-order chi connectivity index (χ0) is 11.5. The van der Waals surface area contributed by atoms with Gasteiger partial charge >= 0.3 is 5.97 Å². The summed E-state index contributed by atoms with van der Waals surface area (Å²) in [6, 6.07) is 5.21. The number of benzene rings is 1. The fourth-order valence-electron chi connectivity index (χ4n) is 1.57. The van der Waals surface area contributed by atoms with Crippen LogP contribution in [0.1, 0.15) is 23.7 Å². The van der Waals surface area contributed by atoms with Crippen molar-refractivity contribution >= 4 is 28.5 Å². The van der Waals surface area contributed by atoms with Crippen LogP contribution in [0, 0.1) is 0 Å². The molecule has 0 aliphatic rings. The van der Waals surface area contributed by atoms with Crippen molar-refractivity contribution in [3.63, 3.8) is 0 Å². The van der Waals surface area contributed by atoms with Gasteiger partial charge in [0.25, 0.3) is 0 Å². The molecular formula is C12H12ClNO2. The predicted molar refractivity (Wildman–Crippen MR) is 63.9 cm³/mol. The van der Waals surface area contributed by atoms with Gasteiger partial charge in [0.05, 0.1) is 22.7 Å². The summed E-state index contributed by atoms with van der Waals surface area (Å²) in [6.45, 7) is 2.40. The SMILES string of the molecule is CCCOC(=O)c1ccc(Cl)c2[nH]ccc12. The van der Waals surface area contributed by atoms with Crippen LogP contribution < -0.4 is 0 Å². The largest absolute Gasteiger partial charge is 0.462 e. The lowest BCUT2D eigenvalue weighted by Gasteiger charge is -2.05. The third kappa shape index (κ3) is 1.91. The normalized spacial score (nSPS) is 10.6. The molecule has 0 radical (unpaired) electrons. The fraction of sp³-hybridized carbons (Fsp3) is 0.250. The van der Waals surface area contributed by atoms with E-state index < -0.39 is 0 Å². The first-order chi connectivity index (χ1) is 7.74. The molecule has 0 spiro atoms. The molecule has 16 heavy (non-hydrogen) atoms. The summed E-state index contributed by atoms with van der Waals surface area (Å²) < 4.78 is 5.10. The van der Waals surface area contributed by atoms with E-state index in [1.165, 1.54) is 0 Å². The number of H-pyrrole nitrogens is 1. The van der Waals surface area contributed by atoms with Gasteiger partial charge in [0, 0.05) is 11.6 Å². The Morgan fingerprint density at radius 2 is 2.25 bits per heavy atom. The number of halogens is 1. The van der Waals surface area contributed by atoms with Gasteiger partial charge in [-0.2, -0.15) is 0 Å². The van der Waals surface area contributed by atoms with Crippen LogP contribution in [-0.2, 0) is 4.74 Å². The Morgan fingerprint density at radius 3 is 3.00 bits per heavy atom. The number of hydrogen-bond acceptors (Lipinski definition) is 2. The number of carbonyl (C=O) groups is 1. The van der Waals surface area contributed by atoms with Crippen LogP contribution in [0.2, 0.25) is 5.02 Å². The standard InChI is InChI=1S/C12H12ClNO2/c1-2-7-16-12(15)9-3-4-10(13)11-8(9)5-6-14-11/h3-6,14H,2,7H2,1H3. The van der Waals surface area contributed by atoms with Crippen LogP contribution in [0.5, 0.6) is 0 Å². The minimum atomic E-state index is -0.303. The lowest BCUT2D eigenvalue weighted by molar-refractivity contribution is 0.0507.